The zero-order valence-electron chi connectivity index (χ0n) is 16.6. The van der Waals surface area contributed by atoms with Gasteiger partial charge >= 0.3 is 178 Å². The van der Waals surface area contributed by atoms with Gasteiger partial charge in [0.15, 0.2) is 0 Å². The Kier molecular flexibility index (Phi) is 5.49. The SMILES string of the molecule is CC1=Cc2c(C)cc(C)cc2[CH]1[Zr]([I])([I])[C]1(C)C(C)=C(C)C(C)=C1C. The van der Waals surface area contributed by atoms with E-state index < -0.39 is 11.9 Å². The molecule has 0 radical (unpaired) electrons. The number of fused-ring (bicyclic) bond motifs is 1. The molecule has 0 amide bonds. The van der Waals surface area contributed by atoms with Crippen LogP contribution in [0.2, 0.25) is 3.12 Å². The van der Waals surface area contributed by atoms with Gasteiger partial charge in [0.2, 0.25) is 0 Å². The Morgan fingerprint density at radius 2 is 1.40 bits per heavy atom. The van der Waals surface area contributed by atoms with Crippen LogP contribution in [0.25, 0.3) is 6.08 Å². The third kappa shape index (κ3) is 2.80. The van der Waals surface area contributed by atoms with Crippen LogP contribution in [0.1, 0.15) is 67.4 Å². The van der Waals surface area contributed by atoms with Crippen LogP contribution in [0, 0.1) is 13.8 Å². The van der Waals surface area contributed by atoms with Crippen molar-refractivity contribution >= 4 is 42.2 Å². The first kappa shape index (κ1) is 20.5. The van der Waals surface area contributed by atoms with Crippen LogP contribution >= 0.6 is 36.1 Å². The molecule has 0 fully saturated rings. The predicted molar refractivity (Wildman–Crippen MR) is 125 cm³/mol. The number of aryl methyl sites for hydroxylation is 2. The van der Waals surface area contributed by atoms with Gasteiger partial charge < -0.3 is 0 Å². The van der Waals surface area contributed by atoms with Gasteiger partial charge in [-0.05, 0) is 0 Å². The molecule has 0 saturated heterocycles. The summed E-state index contributed by atoms with van der Waals surface area (Å²) < 4.78 is 0.931. The molecular weight excluding hydrogens is 609 g/mol. The van der Waals surface area contributed by atoms with E-state index in [9.17, 15) is 0 Å². The van der Waals surface area contributed by atoms with Gasteiger partial charge in [0.1, 0.15) is 0 Å². The molecule has 0 saturated carbocycles. The number of hydrogen-bond donors (Lipinski definition) is 0. The van der Waals surface area contributed by atoms with Crippen molar-refractivity contribution in [3.8, 4) is 0 Å². The van der Waals surface area contributed by atoms with E-state index in [0.717, 1.165) is 0 Å². The molecule has 1 aromatic carbocycles. The van der Waals surface area contributed by atoms with Gasteiger partial charge in [-0.15, -0.1) is 0 Å². The zero-order valence-corrected chi connectivity index (χ0v) is 23.3. The Morgan fingerprint density at radius 1 is 0.880 bits per heavy atom. The maximum absolute atomic E-state index is 2.97. The average molecular weight is 637 g/mol. The summed E-state index contributed by atoms with van der Waals surface area (Å²) in [5, 5.41) is 0. The van der Waals surface area contributed by atoms with Crippen molar-refractivity contribution in [2.75, 3.05) is 0 Å². The van der Waals surface area contributed by atoms with Gasteiger partial charge in [-0.1, -0.05) is 0 Å². The van der Waals surface area contributed by atoms with Crippen molar-refractivity contribution < 1.29 is 11.9 Å². The number of hydrogen-bond acceptors (Lipinski definition) is 0. The van der Waals surface area contributed by atoms with Crippen LogP contribution < -0.4 is 0 Å². The maximum atomic E-state index is 2.97. The molecule has 0 spiro atoms. The van der Waals surface area contributed by atoms with Crippen LogP contribution in [0.5, 0.6) is 0 Å². The summed E-state index contributed by atoms with van der Waals surface area (Å²) >= 11 is 3.23. The third-order valence-corrected chi connectivity index (χ3v) is 35.8. The van der Waals surface area contributed by atoms with Gasteiger partial charge in [-0.2, -0.15) is 0 Å². The van der Waals surface area contributed by atoms with Crippen molar-refractivity contribution in [2.45, 2.75) is 62.1 Å². The molecule has 0 heterocycles. The molecule has 134 valence electrons. The minimum atomic E-state index is -2.71. The molecule has 0 bridgehead atoms. The Bertz CT molecular complexity index is 844. The van der Waals surface area contributed by atoms with Crippen LogP contribution in [-0.2, 0) is 11.9 Å². The molecule has 2 aliphatic rings. The van der Waals surface area contributed by atoms with Crippen LogP contribution in [0.15, 0.2) is 40.0 Å². The first-order chi connectivity index (χ1) is 11.4. The summed E-state index contributed by atoms with van der Waals surface area (Å²) in [6, 6.07) is 4.81. The summed E-state index contributed by atoms with van der Waals surface area (Å²) in [5.74, 6) is 0. The summed E-state index contributed by atoms with van der Waals surface area (Å²) in [6.45, 7) is 18.9. The molecule has 3 rings (SSSR count). The number of benzene rings is 1. The predicted octanol–water partition coefficient (Wildman–Crippen LogP) is 8.48. The molecule has 0 N–H and O–H groups in total. The summed E-state index contributed by atoms with van der Waals surface area (Å²) in [5.41, 5.74) is 13.9. The first-order valence-corrected chi connectivity index (χ1v) is 26.2. The Balaban J connectivity index is 2.23. The van der Waals surface area contributed by atoms with E-state index in [1.165, 1.54) is 27.8 Å². The van der Waals surface area contributed by atoms with Gasteiger partial charge in [0.05, 0.1) is 0 Å². The van der Waals surface area contributed by atoms with Gasteiger partial charge in [-0.3, -0.25) is 0 Å². The van der Waals surface area contributed by atoms with E-state index in [1.54, 1.807) is 22.3 Å². The normalized spacial score (nSPS) is 22.6. The second kappa shape index (κ2) is 6.69. The fraction of sp³-hybridized carbons (Fsp3) is 0.455. The Morgan fingerprint density at radius 3 is 1.92 bits per heavy atom. The number of rotatable bonds is 2. The zero-order chi connectivity index (χ0) is 18.9. The van der Waals surface area contributed by atoms with Crippen molar-refractivity contribution in [1.82, 2.24) is 0 Å². The second-order valence-electron chi connectivity index (χ2n) is 8.15. The minimum absolute atomic E-state index is 0.281. The van der Waals surface area contributed by atoms with Crippen LogP contribution in [0.3, 0.4) is 0 Å². The van der Waals surface area contributed by atoms with Gasteiger partial charge in [-0.25, -0.2) is 0 Å². The molecule has 2 aliphatic carbocycles. The fourth-order valence-corrected chi connectivity index (χ4v) is 32.2. The van der Waals surface area contributed by atoms with E-state index in [0.29, 0.717) is 3.63 Å². The molecule has 0 nitrogen and oxygen atoms in total. The molecular formula is C22H28I2Zr. The number of halogens is 2. The molecule has 1 unspecified atom stereocenters. The van der Waals surface area contributed by atoms with Crippen LogP contribution in [-0.4, -0.2) is 0 Å². The fourth-order valence-electron chi connectivity index (χ4n) is 4.87. The average Bonchev–Trinajstić information content (AvgIpc) is 2.93. The van der Waals surface area contributed by atoms with E-state index in [1.807, 2.05) is 0 Å². The quantitative estimate of drug-likeness (QED) is 0.286. The molecule has 1 atom stereocenters. The topological polar surface area (TPSA) is 0 Å². The Labute approximate surface area is 176 Å². The molecule has 1 aromatic rings. The summed E-state index contributed by atoms with van der Waals surface area (Å²) in [4.78, 5) is 0. The van der Waals surface area contributed by atoms with Crippen molar-refractivity contribution in [3.63, 3.8) is 0 Å². The first-order valence-electron chi connectivity index (χ1n) is 8.98. The second-order valence-corrected chi connectivity index (χ2v) is 47.4. The van der Waals surface area contributed by atoms with E-state index in [4.69, 9.17) is 0 Å². The van der Waals surface area contributed by atoms with Crippen molar-refractivity contribution in [1.29, 1.82) is 0 Å². The van der Waals surface area contributed by atoms with E-state index >= 15 is 0 Å². The monoisotopic (exact) mass is 636 g/mol. The molecule has 0 aromatic heterocycles. The van der Waals surface area contributed by atoms with Gasteiger partial charge in [0.25, 0.3) is 0 Å². The van der Waals surface area contributed by atoms with E-state index in [2.05, 4.69) is 110 Å². The third-order valence-electron chi connectivity index (χ3n) is 6.92. The summed E-state index contributed by atoms with van der Waals surface area (Å²) in [7, 11) is 0. The van der Waals surface area contributed by atoms with E-state index in [-0.39, 0.29) is 3.12 Å². The summed E-state index contributed by atoms with van der Waals surface area (Å²) in [6.07, 6.45) is 2.48. The van der Waals surface area contributed by atoms with Crippen molar-refractivity contribution in [2.24, 2.45) is 0 Å². The number of allylic oxidation sites excluding steroid dienone is 5. The molecule has 3 heteroatoms. The standard InChI is InChI=1S/C12H13.C10H15.2HI.Zr/c1-8-4-10(3)12-7-9(2)6-11(12)5-8;1-6-7(2)9(4)10(5)8(6)3;;;/h4-7H,1-3H3;1-5H3;2*1H;/q;;;;+2/p-2. The Hall–Kier alpha value is 0.783. The van der Waals surface area contributed by atoms with Crippen LogP contribution in [0.4, 0.5) is 0 Å². The van der Waals surface area contributed by atoms with Gasteiger partial charge in [0, 0.05) is 0 Å². The molecule has 0 aliphatic heterocycles. The molecule has 25 heavy (non-hydrogen) atoms. The van der Waals surface area contributed by atoms with Crippen molar-refractivity contribution in [3.05, 3.63) is 62.3 Å².